The summed E-state index contributed by atoms with van der Waals surface area (Å²) in [5, 5.41) is 2.82. The predicted molar refractivity (Wildman–Crippen MR) is 75.2 cm³/mol. The zero-order valence-corrected chi connectivity index (χ0v) is 11.1. The Bertz CT molecular complexity index is 625. The molecule has 4 N–H and O–H groups in total. The molecular weight excluding hydrogens is 280 g/mol. The molecule has 103 valence electrons. The second-order valence-corrected chi connectivity index (χ2v) is 4.38. The van der Waals surface area contributed by atoms with Crippen molar-refractivity contribution in [1.29, 1.82) is 0 Å². The number of aromatic amines is 1. The highest BCUT2D eigenvalue weighted by molar-refractivity contribution is 6.34. The van der Waals surface area contributed by atoms with E-state index in [2.05, 4.69) is 15.3 Å². The van der Waals surface area contributed by atoms with Gasteiger partial charge in [-0.2, -0.15) is 0 Å². The number of nitrogens with one attached hydrogen (secondary N) is 2. The lowest BCUT2D eigenvalue weighted by Gasteiger charge is -2.08. The van der Waals surface area contributed by atoms with Gasteiger partial charge in [0.2, 0.25) is 17.8 Å². The van der Waals surface area contributed by atoms with E-state index in [-0.39, 0.29) is 22.9 Å². The summed E-state index contributed by atoms with van der Waals surface area (Å²) in [6.45, 7) is 0. The maximum Gasteiger partial charge on any atom is 0.250 e. The number of anilines is 1. The fourth-order valence-corrected chi connectivity index (χ4v) is 2.01. The number of nitrogens with two attached hydrogens (primary N) is 1. The van der Waals surface area contributed by atoms with Crippen molar-refractivity contribution in [2.45, 2.75) is 6.42 Å². The number of amides is 2. The number of halogens is 1. The van der Waals surface area contributed by atoms with Crippen LogP contribution in [0.4, 0.5) is 5.95 Å². The van der Waals surface area contributed by atoms with Gasteiger partial charge in [0.1, 0.15) is 0 Å². The Hall–Kier alpha value is -2.34. The third-order valence-corrected chi connectivity index (χ3v) is 2.91. The molecule has 20 heavy (non-hydrogen) atoms. The van der Waals surface area contributed by atoms with Crippen molar-refractivity contribution in [3.05, 3.63) is 53.2 Å². The van der Waals surface area contributed by atoms with Gasteiger partial charge in [-0.05, 0) is 18.1 Å². The molecule has 0 aliphatic carbocycles. The molecule has 0 aliphatic rings. The molecule has 0 unspecified atom stereocenters. The molecule has 2 amide bonds. The van der Waals surface area contributed by atoms with Crippen molar-refractivity contribution >= 4 is 29.4 Å². The van der Waals surface area contributed by atoms with Crippen LogP contribution in [0.15, 0.2) is 30.6 Å². The van der Waals surface area contributed by atoms with Crippen molar-refractivity contribution in [2.24, 2.45) is 5.73 Å². The van der Waals surface area contributed by atoms with E-state index >= 15 is 0 Å². The third-order valence-electron chi connectivity index (χ3n) is 2.59. The number of rotatable bonds is 5. The fourth-order valence-electron chi connectivity index (χ4n) is 1.72. The highest BCUT2D eigenvalue weighted by Gasteiger charge is 2.14. The van der Waals surface area contributed by atoms with Crippen LogP contribution in [-0.2, 0) is 11.2 Å². The molecule has 1 heterocycles. The second-order valence-electron chi connectivity index (χ2n) is 3.97. The number of hydrogen-bond acceptors (Lipinski definition) is 3. The average Bonchev–Trinajstić information content (AvgIpc) is 2.88. The minimum Gasteiger partial charge on any atom is -0.366 e. The van der Waals surface area contributed by atoms with E-state index in [1.165, 1.54) is 12.6 Å². The van der Waals surface area contributed by atoms with Gasteiger partial charge in [-0.3, -0.25) is 14.9 Å². The Labute approximate surface area is 120 Å². The molecule has 2 rings (SSSR count). The van der Waals surface area contributed by atoms with Gasteiger partial charge >= 0.3 is 0 Å². The molecule has 7 heteroatoms. The number of benzene rings is 1. The highest BCUT2D eigenvalue weighted by Crippen LogP contribution is 2.20. The third kappa shape index (κ3) is 3.36. The van der Waals surface area contributed by atoms with E-state index in [9.17, 15) is 9.59 Å². The number of imidazole rings is 1. The van der Waals surface area contributed by atoms with Crippen LogP contribution in [0.25, 0.3) is 0 Å². The molecule has 0 fully saturated rings. The highest BCUT2D eigenvalue weighted by atomic mass is 35.5. The van der Waals surface area contributed by atoms with Crippen LogP contribution in [0.3, 0.4) is 0 Å². The molecule has 0 aliphatic heterocycles. The van der Waals surface area contributed by atoms with E-state index in [1.807, 2.05) is 0 Å². The molecule has 0 saturated heterocycles. The van der Waals surface area contributed by atoms with Crippen LogP contribution in [0.1, 0.15) is 15.9 Å². The Balaban J connectivity index is 2.02. The minimum atomic E-state index is -0.620. The second kappa shape index (κ2) is 6.21. The summed E-state index contributed by atoms with van der Waals surface area (Å²) in [7, 11) is 0. The standard InChI is InChI=1S/C13H12ClN4O2/c14-9-3-1-2-8(11(9)12(15)20)4-5-10(19)18-13-16-6-7-17-13/h1-3,5-7H,4H2,(H2,15,20)(H2,16,17,18,19). The van der Waals surface area contributed by atoms with E-state index in [4.69, 9.17) is 17.3 Å². The molecule has 1 radical (unpaired) electrons. The fraction of sp³-hybridized carbons (Fsp3) is 0.0769. The minimum absolute atomic E-state index is 0.233. The predicted octanol–water partition coefficient (Wildman–Crippen LogP) is 1.55. The van der Waals surface area contributed by atoms with Gasteiger partial charge < -0.3 is 10.7 Å². The van der Waals surface area contributed by atoms with Gasteiger partial charge in [0.15, 0.2) is 0 Å². The largest absolute Gasteiger partial charge is 0.366 e. The first-order valence-electron chi connectivity index (χ1n) is 5.78. The quantitative estimate of drug-likeness (QED) is 0.779. The van der Waals surface area contributed by atoms with Crippen molar-refractivity contribution in [3.8, 4) is 0 Å². The summed E-state index contributed by atoms with van der Waals surface area (Å²) in [6, 6.07) is 4.97. The van der Waals surface area contributed by atoms with Crippen LogP contribution in [0.5, 0.6) is 0 Å². The smallest absolute Gasteiger partial charge is 0.250 e. The number of aromatic nitrogens is 2. The van der Waals surface area contributed by atoms with Crippen LogP contribution in [0.2, 0.25) is 5.02 Å². The Morgan fingerprint density at radius 3 is 2.90 bits per heavy atom. The van der Waals surface area contributed by atoms with E-state index < -0.39 is 5.91 Å². The SMILES string of the molecule is NC(=O)c1c(Cl)cccc1C[CH]C(=O)Nc1ncc[nH]1. The molecule has 0 saturated carbocycles. The van der Waals surface area contributed by atoms with Gasteiger partial charge in [0.05, 0.1) is 17.0 Å². The van der Waals surface area contributed by atoms with E-state index in [0.29, 0.717) is 11.5 Å². The van der Waals surface area contributed by atoms with Crippen molar-refractivity contribution in [3.63, 3.8) is 0 Å². The van der Waals surface area contributed by atoms with Gasteiger partial charge in [-0.15, -0.1) is 0 Å². The molecule has 1 aromatic carbocycles. The lowest BCUT2D eigenvalue weighted by Crippen LogP contribution is -2.17. The van der Waals surface area contributed by atoms with Crippen LogP contribution in [0, 0.1) is 6.42 Å². The zero-order chi connectivity index (χ0) is 14.5. The zero-order valence-electron chi connectivity index (χ0n) is 10.4. The average molecular weight is 292 g/mol. The summed E-state index contributed by atoms with van der Waals surface area (Å²) in [4.78, 5) is 29.6. The topological polar surface area (TPSA) is 101 Å². The normalized spacial score (nSPS) is 10.2. The number of hydrogen-bond donors (Lipinski definition) is 3. The van der Waals surface area contributed by atoms with Crippen molar-refractivity contribution in [1.82, 2.24) is 9.97 Å². The summed E-state index contributed by atoms with van der Waals surface area (Å²) < 4.78 is 0. The molecule has 0 bridgehead atoms. The van der Waals surface area contributed by atoms with Crippen LogP contribution >= 0.6 is 11.6 Å². The van der Waals surface area contributed by atoms with Gasteiger partial charge in [0.25, 0.3) is 0 Å². The number of nitrogens with zero attached hydrogens (tertiary/aromatic N) is 1. The molecule has 0 atom stereocenters. The number of primary amides is 1. The first-order valence-corrected chi connectivity index (χ1v) is 6.16. The number of H-pyrrole nitrogens is 1. The first-order chi connectivity index (χ1) is 9.58. The Kier molecular flexibility index (Phi) is 4.37. The van der Waals surface area contributed by atoms with Gasteiger partial charge in [-0.25, -0.2) is 4.98 Å². The van der Waals surface area contributed by atoms with Crippen LogP contribution < -0.4 is 11.1 Å². The summed E-state index contributed by atoms with van der Waals surface area (Å²) in [5.41, 5.74) is 6.11. The number of carbonyl (C=O) groups is 2. The lowest BCUT2D eigenvalue weighted by molar-refractivity contribution is -0.113. The first kappa shape index (κ1) is 14.1. The summed E-state index contributed by atoms with van der Waals surface area (Å²) in [6.07, 6.45) is 4.75. The number of carbonyl (C=O) groups excluding carboxylic acids is 2. The monoisotopic (exact) mass is 291 g/mol. The molecule has 6 nitrogen and oxygen atoms in total. The maximum atomic E-state index is 11.7. The summed E-state index contributed by atoms with van der Waals surface area (Å²) in [5.74, 6) is -0.603. The Morgan fingerprint density at radius 2 is 2.25 bits per heavy atom. The maximum absolute atomic E-state index is 11.7. The van der Waals surface area contributed by atoms with Crippen molar-refractivity contribution in [2.75, 3.05) is 5.32 Å². The Morgan fingerprint density at radius 1 is 1.45 bits per heavy atom. The van der Waals surface area contributed by atoms with Gasteiger partial charge in [0, 0.05) is 12.4 Å². The van der Waals surface area contributed by atoms with E-state index in [0.717, 1.165) is 0 Å². The van der Waals surface area contributed by atoms with Gasteiger partial charge in [-0.1, -0.05) is 23.7 Å². The molecule has 1 aromatic heterocycles. The molecule has 2 aromatic rings. The molecule has 0 spiro atoms. The lowest BCUT2D eigenvalue weighted by atomic mass is 10.0. The summed E-state index contributed by atoms with van der Waals surface area (Å²) >= 11 is 5.92. The molecular formula is C13H12ClN4O2. The van der Waals surface area contributed by atoms with Crippen LogP contribution in [-0.4, -0.2) is 21.8 Å². The van der Waals surface area contributed by atoms with E-state index in [1.54, 1.807) is 24.4 Å². The van der Waals surface area contributed by atoms with Crippen molar-refractivity contribution < 1.29 is 9.59 Å².